The highest BCUT2D eigenvalue weighted by Crippen LogP contribution is 2.38. The molecule has 0 bridgehead atoms. The zero-order chi connectivity index (χ0) is 19.6. The van der Waals surface area contributed by atoms with Gasteiger partial charge in [0.1, 0.15) is 0 Å². The number of aliphatic hydroxyl groups is 1. The minimum Gasteiger partial charge on any atom is -0.396 e. The Kier molecular flexibility index (Phi) is 5.53. The van der Waals surface area contributed by atoms with Crippen LogP contribution in [0.15, 0.2) is 59.5 Å². The van der Waals surface area contributed by atoms with Crippen LogP contribution in [0, 0.1) is 0 Å². The normalized spacial score (nSPS) is 15.0. The van der Waals surface area contributed by atoms with E-state index in [1.54, 1.807) is 0 Å². The van der Waals surface area contributed by atoms with E-state index in [9.17, 15) is 14.7 Å². The lowest BCUT2D eigenvalue weighted by Gasteiger charge is -2.21. The van der Waals surface area contributed by atoms with Crippen molar-refractivity contribution < 1.29 is 14.7 Å². The van der Waals surface area contributed by atoms with Crippen LogP contribution in [0.5, 0.6) is 0 Å². The van der Waals surface area contributed by atoms with Crippen molar-refractivity contribution in [2.75, 3.05) is 17.3 Å². The maximum absolute atomic E-state index is 13.1. The number of nitrogens with zero attached hydrogens (tertiary/aromatic N) is 1. The first-order chi connectivity index (χ1) is 12.8. The molecule has 2 aromatic carbocycles. The quantitative estimate of drug-likeness (QED) is 0.796. The first kappa shape index (κ1) is 19.4. The number of hydrogen-bond acceptors (Lipinski definition) is 4. The monoisotopic (exact) mass is 381 g/mol. The third-order valence-electron chi connectivity index (χ3n) is 4.43. The number of imide groups is 1. The predicted octanol–water partition coefficient (Wildman–Crippen LogP) is 3.99. The SMILES string of the molecule is CC(C)(C)c1ccc(N2C(=O)C(SCCO)=C(c3ccccc3)C2=O)cc1. The molecule has 1 aliphatic rings. The Morgan fingerprint density at radius 2 is 1.56 bits per heavy atom. The molecule has 0 atom stereocenters. The molecule has 0 saturated carbocycles. The largest absolute Gasteiger partial charge is 0.396 e. The van der Waals surface area contributed by atoms with Crippen molar-refractivity contribution in [3.8, 4) is 0 Å². The Bertz CT molecular complexity index is 880. The summed E-state index contributed by atoms with van der Waals surface area (Å²) in [5.74, 6) is -0.294. The number of carbonyl (C=O) groups is 2. The Morgan fingerprint density at radius 3 is 2.11 bits per heavy atom. The lowest BCUT2D eigenvalue weighted by atomic mass is 9.87. The molecule has 0 fully saturated rings. The van der Waals surface area contributed by atoms with Crippen molar-refractivity contribution in [3.05, 3.63) is 70.6 Å². The molecule has 27 heavy (non-hydrogen) atoms. The zero-order valence-corrected chi connectivity index (χ0v) is 16.5. The minimum absolute atomic E-state index is 0.00680. The standard InChI is InChI=1S/C22H23NO3S/c1-22(2,3)16-9-11-17(12-10-16)23-20(25)18(15-7-5-4-6-8-15)19(21(23)26)27-14-13-24/h4-12,24H,13-14H2,1-3H3. The lowest BCUT2D eigenvalue weighted by Crippen LogP contribution is -2.31. The maximum atomic E-state index is 13.1. The summed E-state index contributed by atoms with van der Waals surface area (Å²) < 4.78 is 0. The fourth-order valence-electron chi connectivity index (χ4n) is 3.00. The van der Waals surface area contributed by atoms with Gasteiger partial charge in [0, 0.05) is 5.75 Å². The highest BCUT2D eigenvalue weighted by molar-refractivity contribution is 8.04. The first-order valence-electron chi connectivity index (χ1n) is 8.87. The van der Waals surface area contributed by atoms with Crippen molar-refractivity contribution >= 4 is 34.8 Å². The van der Waals surface area contributed by atoms with Crippen LogP contribution < -0.4 is 4.90 Å². The highest BCUT2D eigenvalue weighted by Gasteiger charge is 2.40. The molecule has 5 heteroatoms. The summed E-state index contributed by atoms with van der Waals surface area (Å²) in [4.78, 5) is 27.8. The van der Waals surface area contributed by atoms with Crippen LogP contribution >= 0.6 is 11.8 Å². The van der Waals surface area contributed by atoms with E-state index in [1.807, 2.05) is 54.6 Å². The van der Waals surface area contributed by atoms with Gasteiger partial charge >= 0.3 is 0 Å². The summed E-state index contributed by atoms with van der Waals surface area (Å²) in [7, 11) is 0. The predicted molar refractivity (Wildman–Crippen MR) is 111 cm³/mol. The number of hydrogen-bond donors (Lipinski definition) is 1. The molecule has 1 N–H and O–H groups in total. The second-order valence-electron chi connectivity index (χ2n) is 7.38. The van der Waals surface area contributed by atoms with Crippen LogP contribution in [-0.4, -0.2) is 29.3 Å². The Balaban J connectivity index is 2.00. The van der Waals surface area contributed by atoms with E-state index in [1.165, 1.54) is 16.7 Å². The average Bonchev–Trinajstić information content (AvgIpc) is 2.90. The maximum Gasteiger partial charge on any atom is 0.272 e. The van der Waals surface area contributed by atoms with Crippen LogP contribution in [0.3, 0.4) is 0 Å². The van der Waals surface area contributed by atoms with Crippen molar-refractivity contribution in [2.24, 2.45) is 0 Å². The molecule has 0 aromatic heterocycles. The average molecular weight is 381 g/mol. The molecule has 1 aliphatic heterocycles. The molecule has 0 radical (unpaired) electrons. The molecule has 0 spiro atoms. The van der Waals surface area contributed by atoms with Gasteiger partial charge in [-0.3, -0.25) is 9.59 Å². The number of benzene rings is 2. The van der Waals surface area contributed by atoms with Gasteiger partial charge in [-0.25, -0.2) is 4.90 Å². The van der Waals surface area contributed by atoms with E-state index in [0.29, 0.717) is 27.5 Å². The molecule has 0 aliphatic carbocycles. The number of thioether (sulfide) groups is 1. The molecule has 2 amide bonds. The van der Waals surface area contributed by atoms with E-state index >= 15 is 0 Å². The van der Waals surface area contributed by atoms with Crippen molar-refractivity contribution in [1.82, 2.24) is 0 Å². The summed E-state index contributed by atoms with van der Waals surface area (Å²) in [6.07, 6.45) is 0. The van der Waals surface area contributed by atoms with Crippen LogP contribution in [-0.2, 0) is 15.0 Å². The van der Waals surface area contributed by atoms with E-state index in [4.69, 9.17) is 0 Å². The van der Waals surface area contributed by atoms with Crippen molar-refractivity contribution in [2.45, 2.75) is 26.2 Å². The van der Waals surface area contributed by atoms with Gasteiger partial charge in [0.05, 0.1) is 22.8 Å². The Labute approximate surface area is 163 Å². The summed E-state index contributed by atoms with van der Waals surface area (Å²) >= 11 is 1.22. The third kappa shape index (κ3) is 3.84. The molecule has 0 unspecified atom stereocenters. The molecular weight excluding hydrogens is 358 g/mol. The zero-order valence-electron chi connectivity index (χ0n) is 15.7. The van der Waals surface area contributed by atoms with E-state index in [2.05, 4.69) is 20.8 Å². The first-order valence-corrected chi connectivity index (χ1v) is 9.86. The molecule has 0 saturated heterocycles. The number of rotatable bonds is 5. The topological polar surface area (TPSA) is 57.6 Å². The lowest BCUT2D eigenvalue weighted by molar-refractivity contribution is -0.119. The van der Waals surface area contributed by atoms with Crippen LogP contribution in [0.4, 0.5) is 5.69 Å². The van der Waals surface area contributed by atoms with Crippen molar-refractivity contribution in [1.29, 1.82) is 0 Å². The van der Waals surface area contributed by atoms with Gasteiger partial charge in [-0.1, -0.05) is 63.2 Å². The number of aliphatic hydroxyl groups excluding tert-OH is 1. The van der Waals surface area contributed by atoms with Gasteiger partial charge in [-0.15, -0.1) is 11.8 Å². The number of carbonyl (C=O) groups excluding carboxylic acids is 2. The van der Waals surface area contributed by atoms with Crippen LogP contribution in [0.25, 0.3) is 5.57 Å². The summed E-state index contributed by atoms with van der Waals surface area (Å²) in [5, 5.41) is 9.17. The summed E-state index contributed by atoms with van der Waals surface area (Å²) in [5.41, 5.74) is 2.80. The molecule has 4 nitrogen and oxygen atoms in total. The van der Waals surface area contributed by atoms with Gasteiger partial charge in [-0.05, 0) is 28.7 Å². The van der Waals surface area contributed by atoms with Gasteiger partial charge in [0.25, 0.3) is 11.8 Å². The highest BCUT2D eigenvalue weighted by atomic mass is 32.2. The Morgan fingerprint density at radius 1 is 0.926 bits per heavy atom. The second-order valence-corrected chi connectivity index (χ2v) is 8.49. The summed E-state index contributed by atoms with van der Waals surface area (Å²) in [6.45, 7) is 6.30. The smallest absolute Gasteiger partial charge is 0.272 e. The second kappa shape index (κ2) is 7.71. The summed E-state index contributed by atoms with van der Waals surface area (Å²) in [6, 6.07) is 16.8. The number of anilines is 1. The van der Waals surface area contributed by atoms with Gasteiger partial charge in [0.2, 0.25) is 0 Å². The van der Waals surface area contributed by atoms with E-state index in [-0.39, 0.29) is 23.8 Å². The number of amides is 2. The minimum atomic E-state index is -0.333. The molecule has 1 heterocycles. The molecule has 3 rings (SSSR count). The van der Waals surface area contributed by atoms with E-state index in [0.717, 1.165) is 5.56 Å². The van der Waals surface area contributed by atoms with Crippen LogP contribution in [0.2, 0.25) is 0 Å². The molecule has 2 aromatic rings. The fraction of sp³-hybridized carbons (Fsp3) is 0.273. The van der Waals surface area contributed by atoms with Gasteiger partial charge in [-0.2, -0.15) is 0 Å². The Hall–Kier alpha value is -2.37. The van der Waals surface area contributed by atoms with Gasteiger partial charge < -0.3 is 5.11 Å². The molecular formula is C22H23NO3S. The van der Waals surface area contributed by atoms with Crippen molar-refractivity contribution in [3.63, 3.8) is 0 Å². The molecule has 140 valence electrons. The van der Waals surface area contributed by atoms with E-state index < -0.39 is 0 Å². The van der Waals surface area contributed by atoms with Gasteiger partial charge in [0.15, 0.2) is 0 Å². The van der Waals surface area contributed by atoms with Crippen LogP contribution in [0.1, 0.15) is 31.9 Å². The fourth-order valence-corrected chi connectivity index (χ4v) is 3.86. The third-order valence-corrected chi connectivity index (χ3v) is 5.49.